The van der Waals surface area contributed by atoms with E-state index in [1.807, 2.05) is 38.1 Å². The lowest BCUT2D eigenvalue weighted by Gasteiger charge is -2.11. The smallest absolute Gasteiger partial charge is 0.237 e. The molecule has 0 fully saturated rings. The van der Waals surface area contributed by atoms with Gasteiger partial charge in [0, 0.05) is 12.1 Å². The number of aryl methyl sites for hydroxylation is 2. The van der Waals surface area contributed by atoms with Gasteiger partial charge < -0.3 is 11.2 Å². The quantitative estimate of drug-likeness (QED) is 0.630. The van der Waals surface area contributed by atoms with Crippen molar-refractivity contribution in [1.29, 1.82) is 0 Å². The number of rotatable bonds is 6. The summed E-state index contributed by atoms with van der Waals surface area (Å²) in [6.07, 6.45) is 1.72. The SMILES string of the molecule is CCCc1nnc(SC(C)C(=O)Nc2ccc(C)cc2)n1N. The van der Waals surface area contributed by atoms with E-state index in [1.54, 1.807) is 0 Å². The van der Waals surface area contributed by atoms with E-state index >= 15 is 0 Å². The summed E-state index contributed by atoms with van der Waals surface area (Å²) >= 11 is 1.30. The third-order valence-corrected chi connectivity index (χ3v) is 4.24. The largest absolute Gasteiger partial charge is 0.336 e. The van der Waals surface area contributed by atoms with Gasteiger partial charge >= 0.3 is 0 Å². The van der Waals surface area contributed by atoms with Crippen molar-refractivity contribution in [3.8, 4) is 0 Å². The van der Waals surface area contributed by atoms with Gasteiger partial charge in [-0.25, -0.2) is 4.68 Å². The summed E-state index contributed by atoms with van der Waals surface area (Å²) in [5.41, 5.74) is 1.93. The number of nitrogens with one attached hydrogen (secondary N) is 1. The topological polar surface area (TPSA) is 85.8 Å². The number of hydrogen-bond acceptors (Lipinski definition) is 5. The Bertz CT molecular complexity index is 638. The highest BCUT2D eigenvalue weighted by atomic mass is 32.2. The molecule has 2 rings (SSSR count). The minimum atomic E-state index is -0.317. The van der Waals surface area contributed by atoms with Crippen LogP contribution in [0.4, 0.5) is 5.69 Å². The molecule has 22 heavy (non-hydrogen) atoms. The van der Waals surface area contributed by atoms with Crippen molar-refractivity contribution in [2.75, 3.05) is 11.2 Å². The minimum absolute atomic E-state index is 0.0890. The van der Waals surface area contributed by atoms with Crippen LogP contribution in [0.2, 0.25) is 0 Å². The Balaban J connectivity index is 1.97. The summed E-state index contributed by atoms with van der Waals surface area (Å²) in [5.74, 6) is 6.59. The Morgan fingerprint density at radius 2 is 2.05 bits per heavy atom. The minimum Gasteiger partial charge on any atom is -0.336 e. The molecule has 0 saturated carbocycles. The second-order valence-electron chi connectivity index (χ2n) is 5.13. The van der Waals surface area contributed by atoms with Crippen LogP contribution in [-0.2, 0) is 11.2 Å². The van der Waals surface area contributed by atoms with E-state index in [0.717, 1.165) is 29.9 Å². The Morgan fingerprint density at radius 1 is 1.36 bits per heavy atom. The maximum absolute atomic E-state index is 12.2. The van der Waals surface area contributed by atoms with Crippen molar-refractivity contribution in [3.63, 3.8) is 0 Å². The number of nitrogens with zero attached hydrogens (tertiary/aromatic N) is 3. The number of carbonyl (C=O) groups is 1. The first kappa shape index (κ1) is 16.4. The highest BCUT2D eigenvalue weighted by Gasteiger charge is 2.19. The molecule has 1 atom stereocenters. The second-order valence-corrected chi connectivity index (χ2v) is 6.44. The van der Waals surface area contributed by atoms with Gasteiger partial charge in [0.25, 0.3) is 0 Å². The number of aromatic nitrogens is 3. The van der Waals surface area contributed by atoms with Crippen molar-refractivity contribution < 1.29 is 4.79 Å². The monoisotopic (exact) mass is 319 g/mol. The van der Waals surface area contributed by atoms with Gasteiger partial charge in [-0.05, 0) is 32.4 Å². The standard InChI is InChI=1S/C15H21N5OS/c1-4-5-13-18-19-15(20(13)16)22-11(3)14(21)17-12-8-6-10(2)7-9-12/h6-9,11H,4-5,16H2,1-3H3,(H,17,21). The Morgan fingerprint density at radius 3 is 2.68 bits per heavy atom. The van der Waals surface area contributed by atoms with E-state index in [1.165, 1.54) is 16.4 Å². The second kappa shape index (κ2) is 7.31. The van der Waals surface area contributed by atoms with Gasteiger partial charge in [-0.15, -0.1) is 10.2 Å². The van der Waals surface area contributed by atoms with E-state index in [2.05, 4.69) is 22.4 Å². The molecule has 2 aromatic rings. The van der Waals surface area contributed by atoms with E-state index < -0.39 is 0 Å². The number of carbonyl (C=O) groups excluding carboxylic acids is 1. The van der Waals surface area contributed by atoms with Crippen LogP contribution in [0, 0.1) is 6.92 Å². The predicted octanol–water partition coefficient (Wildman–Crippen LogP) is 2.37. The molecule has 0 aliphatic rings. The van der Waals surface area contributed by atoms with Crippen LogP contribution in [0.3, 0.4) is 0 Å². The first-order valence-electron chi connectivity index (χ1n) is 7.24. The van der Waals surface area contributed by atoms with Crippen molar-refractivity contribution in [3.05, 3.63) is 35.7 Å². The molecule has 1 unspecified atom stereocenters. The van der Waals surface area contributed by atoms with Crippen LogP contribution < -0.4 is 11.2 Å². The zero-order valence-electron chi connectivity index (χ0n) is 13.0. The maximum atomic E-state index is 12.2. The molecule has 0 aliphatic carbocycles. The molecule has 7 heteroatoms. The fourth-order valence-electron chi connectivity index (χ4n) is 1.87. The summed E-state index contributed by atoms with van der Waals surface area (Å²) in [4.78, 5) is 12.2. The van der Waals surface area contributed by atoms with Crippen LogP contribution in [0.5, 0.6) is 0 Å². The highest BCUT2D eigenvalue weighted by Crippen LogP contribution is 2.22. The van der Waals surface area contributed by atoms with E-state index in [-0.39, 0.29) is 11.2 Å². The van der Waals surface area contributed by atoms with E-state index in [9.17, 15) is 4.79 Å². The third kappa shape index (κ3) is 4.00. The number of benzene rings is 1. The Labute approximate surface area is 134 Å². The fraction of sp³-hybridized carbons (Fsp3) is 0.400. The average molecular weight is 319 g/mol. The number of anilines is 1. The molecule has 0 aliphatic heterocycles. The van der Waals surface area contributed by atoms with Crippen molar-refractivity contribution in [2.24, 2.45) is 0 Å². The lowest BCUT2D eigenvalue weighted by atomic mass is 10.2. The number of nitrogens with two attached hydrogens (primary N) is 1. The first-order valence-corrected chi connectivity index (χ1v) is 8.12. The van der Waals surface area contributed by atoms with Crippen molar-refractivity contribution in [2.45, 2.75) is 44.0 Å². The number of nitrogen functional groups attached to an aromatic ring is 1. The summed E-state index contributed by atoms with van der Waals surface area (Å²) in [5, 5.41) is 11.2. The van der Waals surface area contributed by atoms with Crippen LogP contribution >= 0.6 is 11.8 Å². The molecule has 0 saturated heterocycles. The molecule has 1 aromatic carbocycles. The van der Waals surface area contributed by atoms with Gasteiger partial charge in [0.05, 0.1) is 5.25 Å². The molecule has 1 heterocycles. The summed E-state index contributed by atoms with van der Waals surface area (Å²) < 4.78 is 1.46. The molecule has 0 radical (unpaired) electrons. The molecule has 1 aromatic heterocycles. The zero-order chi connectivity index (χ0) is 16.1. The van der Waals surface area contributed by atoms with E-state index in [4.69, 9.17) is 5.84 Å². The van der Waals surface area contributed by atoms with Gasteiger partial charge in [-0.1, -0.05) is 36.4 Å². The number of amides is 1. The predicted molar refractivity (Wildman–Crippen MR) is 89.3 cm³/mol. The summed E-state index contributed by atoms with van der Waals surface area (Å²) in [6.45, 7) is 5.88. The van der Waals surface area contributed by atoms with Gasteiger partial charge in [0.2, 0.25) is 11.1 Å². The molecule has 3 N–H and O–H groups in total. The number of hydrogen-bond donors (Lipinski definition) is 2. The van der Waals surface area contributed by atoms with Crippen LogP contribution in [0.25, 0.3) is 0 Å². The lowest BCUT2D eigenvalue weighted by molar-refractivity contribution is -0.115. The summed E-state index contributed by atoms with van der Waals surface area (Å²) in [7, 11) is 0. The van der Waals surface area contributed by atoms with Crippen molar-refractivity contribution in [1.82, 2.24) is 14.9 Å². The zero-order valence-corrected chi connectivity index (χ0v) is 13.9. The van der Waals surface area contributed by atoms with Gasteiger partial charge in [0.15, 0.2) is 5.82 Å². The molecule has 0 spiro atoms. The fourth-order valence-corrected chi connectivity index (χ4v) is 2.66. The molecule has 0 bridgehead atoms. The molecular formula is C15H21N5OS. The number of thioether (sulfide) groups is 1. The first-order chi connectivity index (χ1) is 10.5. The van der Waals surface area contributed by atoms with E-state index in [0.29, 0.717) is 5.16 Å². The highest BCUT2D eigenvalue weighted by molar-refractivity contribution is 8.00. The molecule has 1 amide bonds. The van der Waals surface area contributed by atoms with Crippen LogP contribution in [0.15, 0.2) is 29.4 Å². The third-order valence-electron chi connectivity index (χ3n) is 3.18. The van der Waals surface area contributed by atoms with Gasteiger partial charge in [-0.2, -0.15) is 0 Å². The molecular weight excluding hydrogens is 298 g/mol. The average Bonchev–Trinajstić information content (AvgIpc) is 2.83. The Kier molecular flexibility index (Phi) is 5.43. The van der Waals surface area contributed by atoms with Crippen molar-refractivity contribution >= 4 is 23.4 Å². The van der Waals surface area contributed by atoms with Crippen LogP contribution in [0.1, 0.15) is 31.7 Å². The maximum Gasteiger partial charge on any atom is 0.237 e. The van der Waals surface area contributed by atoms with Crippen LogP contribution in [-0.4, -0.2) is 26.0 Å². The molecule has 6 nitrogen and oxygen atoms in total. The normalized spacial score (nSPS) is 12.1. The Hall–Kier alpha value is -2.02. The summed E-state index contributed by atoms with van der Waals surface area (Å²) in [6, 6.07) is 7.69. The molecule has 118 valence electrons. The van der Waals surface area contributed by atoms with Gasteiger partial charge in [0.1, 0.15) is 0 Å². The van der Waals surface area contributed by atoms with Gasteiger partial charge in [-0.3, -0.25) is 4.79 Å². The lowest BCUT2D eigenvalue weighted by Crippen LogP contribution is -2.23.